The molecule has 2 aliphatic carbocycles. The van der Waals surface area contributed by atoms with Crippen LogP contribution in [-0.4, -0.2) is 17.5 Å². The van der Waals surface area contributed by atoms with E-state index < -0.39 is 0 Å². The Morgan fingerprint density at radius 2 is 2.00 bits per heavy atom. The Labute approximate surface area is 101 Å². The summed E-state index contributed by atoms with van der Waals surface area (Å²) in [6, 6.07) is 9.77. The van der Waals surface area contributed by atoms with Crippen LogP contribution in [0.15, 0.2) is 35.9 Å². The van der Waals surface area contributed by atoms with Gasteiger partial charge in [-0.25, -0.2) is 0 Å². The van der Waals surface area contributed by atoms with Crippen molar-refractivity contribution in [2.45, 2.75) is 25.4 Å². The van der Waals surface area contributed by atoms with Crippen LogP contribution < -0.4 is 0 Å². The fourth-order valence-corrected chi connectivity index (χ4v) is 3.30. The molecule has 3 rings (SSSR count). The van der Waals surface area contributed by atoms with Crippen molar-refractivity contribution in [2.75, 3.05) is 0 Å². The van der Waals surface area contributed by atoms with Gasteiger partial charge in [0.05, 0.1) is 6.10 Å². The monoisotopic (exact) mass is 228 g/mol. The number of aliphatic hydroxyl groups is 1. The van der Waals surface area contributed by atoms with Crippen molar-refractivity contribution in [3.63, 3.8) is 0 Å². The summed E-state index contributed by atoms with van der Waals surface area (Å²) in [5.74, 6) is 0.856. The quantitative estimate of drug-likeness (QED) is 0.623. The molecule has 0 aliphatic heterocycles. The van der Waals surface area contributed by atoms with Crippen LogP contribution in [0.1, 0.15) is 24.8 Å². The minimum absolute atomic E-state index is 0.234. The van der Waals surface area contributed by atoms with Crippen LogP contribution in [-0.2, 0) is 4.79 Å². The SMILES string of the molecule is O=C/C(=C1/C[C@H]2CC[C@@H](O)C12)c1ccccc1. The van der Waals surface area contributed by atoms with Crippen molar-refractivity contribution in [3.8, 4) is 0 Å². The van der Waals surface area contributed by atoms with Crippen molar-refractivity contribution >= 4 is 11.9 Å². The number of allylic oxidation sites excluding steroid dienone is 1. The standard InChI is InChI=1S/C15H16O2/c16-9-13(10-4-2-1-3-5-10)12-8-11-6-7-14(17)15(11)12/h1-5,9,11,14-15,17H,6-8H2/b13-12+/t11-,14-,15?/m1/s1. The number of rotatable bonds is 2. The molecule has 1 N–H and O–H groups in total. The molecule has 2 heteroatoms. The maximum Gasteiger partial charge on any atom is 0.150 e. The van der Waals surface area contributed by atoms with Crippen LogP contribution in [0.3, 0.4) is 0 Å². The number of benzene rings is 1. The van der Waals surface area contributed by atoms with Crippen LogP contribution in [0, 0.1) is 11.8 Å². The summed E-state index contributed by atoms with van der Waals surface area (Å²) in [6.07, 6.45) is 3.70. The maximum absolute atomic E-state index is 11.3. The lowest BCUT2D eigenvalue weighted by atomic mass is 9.68. The van der Waals surface area contributed by atoms with Crippen LogP contribution in [0.25, 0.3) is 5.57 Å². The molecule has 0 spiro atoms. The Kier molecular flexibility index (Phi) is 2.60. The van der Waals surface area contributed by atoms with Crippen molar-refractivity contribution < 1.29 is 9.90 Å². The third-order valence-electron chi connectivity index (χ3n) is 4.19. The predicted molar refractivity (Wildman–Crippen MR) is 66.3 cm³/mol. The van der Waals surface area contributed by atoms with Gasteiger partial charge in [0, 0.05) is 11.5 Å². The first-order chi connectivity index (χ1) is 8.31. The van der Waals surface area contributed by atoms with Crippen LogP contribution >= 0.6 is 0 Å². The highest BCUT2D eigenvalue weighted by molar-refractivity contribution is 6.08. The second-order valence-electron chi connectivity index (χ2n) is 5.06. The lowest BCUT2D eigenvalue weighted by Crippen LogP contribution is -2.32. The Balaban J connectivity index is 1.99. The van der Waals surface area contributed by atoms with E-state index in [1.807, 2.05) is 30.3 Å². The summed E-state index contributed by atoms with van der Waals surface area (Å²) in [7, 11) is 0. The lowest BCUT2D eigenvalue weighted by Gasteiger charge is -2.37. The normalized spacial score (nSPS) is 33.8. The molecule has 2 nitrogen and oxygen atoms in total. The number of hydrogen-bond donors (Lipinski definition) is 1. The van der Waals surface area contributed by atoms with Gasteiger partial charge in [-0.15, -0.1) is 0 Å². The number of carbonyl (C=O) groups excluding carboxylic acids is 1. The summed E-state index contributed by atoms with van der Waals surface area (Å²) < 4.78 is 0. The third kappa shape index (κ3) is 1.64. The fourth-order valence-electron chi connectivity index (χ4n) is 3.30. The largest absolute Gasteiger partial charge is 0.392 e. The molecule has 1 aromatic carbocycles. The average molecular weight is 228 g/mol. The molecular formula is C15H16O2. The molecule has 2 aliphatic rings. The Morgan fingerprint density at radius 3 is 2.65 bits per heavy atom. The van der Waals surface area contributed by atoms with E-state index in [2.05, 4.69) is 0 Å². The van der Waals surface area contributed by atoms with Gasteiger partial charge in [-0.1, -0.05) is 35.9 Å². The molecule has 88 valence electrons. The van der Waals surface area contributed by atoms with Crippen molar-refractivity contribution in [1.82, 2.24) is 0 Å². The molecule has 2 fully saturated rings. The minimum atomic E-state index is -0.234. The molecule has 2 saturated carbocycles. The van der Waals surface area contributed by atoms with E-state index in [0.29, 0.717) is 5.92 Å². The molecule has 1 aromatic rings. The van der Waals surface area contributed by atoms with Crippen molar-refractivity contribution in [1.29, 1.82) is 0 Å². The first-order valence-electron chi connectivity index (χ1n) is 6.23. The zero-order chi connectivity index (χ0) is 11.8. The first kappa shape index (κ1) is 10.7. The summed E-state index contributed by atoms with van der Waals surface area (Å²) >= 11 is 0. The van der Waals surface area contributed by atoms with Crippen molar-refractivity contribution in [2.24, 2.45) is 11.8 Å². The third-order valence-corrected chi connectivity index (χ3v) is 4.19. The van der Waals surface area contributed by atoms with E-state index in [-0.39, 0.29) is 12.0 Å². The Hall–Kier alpha value is -1.41. The van der Waals surface area contributed by atoms with Crippen molar-refractivity contribution in [3.05, 3.63) is 41.5 Å². The van der Waals surface area contributed by atoms with Gasteiger partial charge in [-0.2, -0.15) is 0 Å². The molecular weight excluding hydrogens is 212 g/mol. The topological polar surface area (TPSA) is 37.3 Å². The molecule has 17 heavy (non-hydrogen) atoms. The minimum Gasteiger partial charge on any atom is -0.392 e. The Bertz CT molecular complexity index is 455. The van der Waals surface area contributed by atoms with Gasteiger partial charge < -0.3 is 5.11 Å². The fraction of sp³-hybridized carbons (Fsp3) is 0.400. The van der Waals surface area contributed by atoms with Gasteiger partial charge in [0.2, 0.25) is 0 Å². The van der Waals surface area contributed by atoms with E-state index in [1.54, 1.807) is 0 Å². The molecule has 0 heterocycles. The summed E-state index contributed by atoms with van der Waals surface area (Å²) in [5, 5.41) is 9.93. The van der Waals surface area contributed by atoms with E-state index in [1.165, 1.54) is 5.57 Å². The van der Waals surface area contributed by atoms with Crippen LogP contribution in [0.4, 0.5) is 0 Å². The molecule has 1 unspecified atom stereocenters. The first-order valence-corrected chi connectivity index (χ1v) is 6.23. The number of hydrogen-bond acceptors (Lipinski definition) is 2. The van der Waals surface area contributed by atoms with Gasteiger partial charge >= 0.3 is 0 Å². The molecule has 3 atom stereocenters. The van der Waals surface area contributed by atoms with E-state index in [9.17, 15) is 9.90 Å². The van der Waals surface area contributed by atoms with Gasteiger partial charge in [0.1, 0.15) is 0 Å². The van der Waals surface area contributed by atoms with Gasteiger partial charge in [-0.3, -0.25) is 4.79 Å². The second kappa shape index (κ2) is 4.11. The van der Waals surface area contributed by atoms with Gasteiger partial charge in [-0.05, 0) is 30.7 Å². The summed E-state index contributed by atoms with van der Waals surface area (Å²) in [5.41, 5.74) is 2.95. The number of carbonyl (C=O) groups is 1. The zero-order valence-corrected chi connectivity index (χ0v) is 9.67. The maximum atomic E-state index is 11.3. The highest BCUT2D eigenvalue weighted by Gasteiger charge is 2.46. The number of fused-ring (bicyclic) bond motifs is 1. The highest BCUT2D eigenvalue weighted by Crippen LogP contribution is 2.52. The summed E-state index contributed by atoms with van der Waals surface area (Å²) in [4.78, 5) is 11.3. The molecule has 0 bridgehead atoms. The Morgan fingerprint density at radius 1 is 1.24 bits per heavy atom. The molecule has 0 saturated heterocycles. The van der Waals surface area contributed by atoms with Gasteiger partial charge in [0.25, 0.3) is 0 Å². The number of aldehydes is 1. The molecule has 0 amide bonds. The predicted octanol–water partition coefficient (Wildman–Crippen LogP) is 2.43. The van der Waals surface area contributed by atoms with Crippen LogP contribution in [0.5, 0.6) is 0 Å². The average Bonchev–Trinajstić information content (AvgIpc) is 2.61. The van der Waals surface area contributed by atoms with E-state index in [4.69, 9.17) is 0 Å². The van der Waals surface area contributed by atoms with E-state index >= 15 is 0 Å². The van der Waals surface area contributed by atoms with Gasteiger partial charge in [0.15, 0.2) is 6.29 Å². The number of aliphatic hydroxyl groups excluding tert-OH is 1. The summed E-state index contributed by atoms with van der Waals surface area (Å²) in [6.45, 7) is 0. The molecule has 0 radical (unpaired) electrons. The zero-order valence-electron chi connectivity index (χ0n) is 9.67. The highest BCUT2D eigenvalue weighted by atomic mass is 16.3. The van der Waals surface area contributed by atoms with E-state index in [0.717, 1.165) is 36.7 Å². The second-order valence-corrected chi connectivity index (χ2v) is 5.06. The molecule has 0 aromatic heterocycles. The lowest BCUT2D eigenvalue weighted by molar-refractivity contribution is -0.103. The smallest absolute Gasteiger partial charge is 0.150 e. The van der Waals surface area contributed by atoms with Crippen LogP contribution in [0.2, 0.25) is 0 Å².